The summed E-state index contributed by atoms with van der Waals surface area (Å²) in [4.78, 5) is 0.230. The molecule has 2 rings (SSSR count). The molecule has 7 heteroatoms. The summed E-state index contributed by atoms with van der Waals surface area (Å²) in [7, 11) is -1.68. The summed E-state index contributed by atoms with van der Waals surface area (Å²) in [6, 6.07) is 8.57. The molecule has 1 heterocycles. The number of hydrogen-bond acceptors (Lipinski definition) is 5. The van der Waals surface area contributed by atoms with Crippen LogP contribution in [0.1, 0.15) is 24.2 Å². The van der Waals surface area contributed by atoms with Gasteiger partial charge >= 0.3 is 0 Å². The summed E-state index contributed by atoms with van der Waals surface area (Å²) in [5, 5.41) is 6.75. The summed E-state index contributed by atoms with van der Waals surface area (Å²) in [5.41, 5.74) is 1.57. The van der Waals surface area contributed by atoms with Crippen LogP contribution in [0.3, 0.4) is 0 Å². The van der Waals surface area contributed by atoms with E-state index in [1.54, 1.807) is 30.3 Å². The van der Waals surface area contributed by atoms with Gasteiger partial charge < -0.3 is 9.84 Å². The van der Waals surface area contributed by atoms with Gasteiger partial charge in [-0.3, -0.25) is 0 Å². The van der Waals surface area contributed by atoms with Crippen LogP contribution in [0.15, 0.2) is 46.0 Å². The molecule has 2 N–H and O–H groups in total. The molecule has 0 amide bonds. The van der Waals surface area contributed by atoms with Crippen LogP contribution in [0.4, 0.5) is 0 Å². The third-order valence-electron chi connectivity index (χ3n) is 3.06. The van der Waals surface area contributed by atoms with Crippen LogP contribution in [-0.4, -0.2) is 20.6 Å². The molecule has 0 aliphatic rings. The molecule has 0 saturated carbocycles. The standard InChI is InChI=1S/C13H17N3O3S/c1-10(14-2)11-3-5-13(6-4-11)20(17,18)15-9-12-7-8-19-16-12/h3-8,10,14-15H,9H2,1-2H3. The van der Waals surface area contributed by atoms with Gasteiger partial charge in [0.05, 0.1) is 17.1 Å². The lowest BCUT2D eigenvalue weighted by Gasteiger charge is -2.11. The first-order valence-corrected chi connectivity index (χ1v) is 7.67. The van der Waals surface area contributed by atoms with E-state index in [-0.39, 0.29) is 17.5 Å². The Balaban J connectivity index is 2.09. The van der Waals surface area contributed by atoms with E-state index < -0.39 is 10.0 Å². The summed E-state index contributed by atoms with van der Waals surface area (Å²) < 4.78 is 31.3. The molecule has 0 bridgehead atoms. The second-order valence-electron chi connectivity index (χ2n) is 4.39. The van der Waals surface area contributed by atoms with Gasteiger partial charge in [-0.05, 0) is 31.7 Å². The second-order valence-corrected chi connectivity index (χ2v) is 6.16. The fourth-order valence-corrected chi connectivity index (χ4v) is 2.68. The van der Waals surface area contributed by atoms with Gasteiger partial charge in [0.1, 0.15) is 6.26 Å². The molecule has 0 aliphatic heterocycles. The fraction of sp³-hybridized carbons (Fsp3) is 0.308. The smallest absolute Gasteiger partial charge is 0.240 e. The first-order chi connectivity index (χ1) is 9.53. The summed E-state index contributed by atoms with van der Waals surface area (Å²) in [6.07, 6.45) is 1.40. The predicted octanol–water partition coefficient (Wildman–Crippen LogP) is 1.43. The van der Waals surface area contributed by atoms with Gasteiger partial charge in [-0.2, -0.15) is 0 Å². The molecule has 0 spiro atoms. The van der Waals surface area contributed by atoms with E-state index in [0.717, 1.165) is 5.56 Å². The van der Waals surface area contributed by atoms with Crippen LogP contribution >= 0.6 is 0 Å². The number of nitrogens with one attached hydrogen (secondary N) is 2. The third-order valence-corrected chi connectivity index (χ3v) is 4.48. The van der Waals surface area contributed by atoms with E-state index in [2.05, 4.69) is 19.7 Å². The molecule has 1 atom stereocenters. The zero-order valence-corrected chi connectivity index (χ0v) is 12.1. The molecule has 0 fully saturated rings. The van der Waals surface area contributed by atoms with Crippen molar-refractivity contribution in [2.24, 2.45) is 0 Å². The van der Waals surface area contributed by atoms with Crippen LogP contribution in [0.5, 0.6) is 0 Å². The van der Waals surface area contributed by atoms with Crippen molar-refractivity contribution in [2.75, 3.05) is 7.05 Å². The molecule has 1 aromatic carbocycles. The summed E-state index contributed by atoms with van der Waals surface area (Å²) in [6.45, 7) is 2.11. The van der Waals surface area contributed by atoms with Crippen molar-refractivity contribution in [2.45, 2.75) is 24.4 Å². The van der Waals surface area contributed by atoms with E-state index in [9.17, 15) is 8.42 Å². The van der Waals surface area contributed by atoms with Gasteiger partial charge in [0.15, 0.2) is 0 Å². The Kier molecular flexibility index (Phi) is 4.53. The molecule has 0 aliphatic carbocycles. The maximum absolute atomic E-state index is 12.1. The van der Waals surface area contributed by atoms with Crippen LogP contribution < -0.4 is 10.0 Å². The molecular formula is C13H17N3O3S. The molecule has 20 heavy (non-hydrogen) atoms. The van der Waals surface area contributed by atoms with Gasteiger partial charge in [-0.25, -0.2) is 13.1 Å². The van der Waals surface area contributed by atoms with Crippen molar-refractivity contribution in [3.63, 3.8) is 0 Å². The Morgan fingerprint density at radius 3 is 2.50 bits per heavy atom. The normalized spacial score (nSPS) is 13.3. The average molecular weight is 295 g/mol. The van der Waals surface area contributed by atoms with E-state index in [4.69, 9.17) is 0 Å². The lowest BCUT2D eigenvalue weighted by Crippen LogP contribution is -2.23. The Labute approximate surface area is 118 Å². The molecule has 1 aromatic heterocycles. The minimum atomic E-state index is -3.54. The highest BCUT2D eigenvalue weighted by Gasteiger charge is 2.14. The molecule has 0 radical (unpaired) electrons. The maximum Gasteiger partial charge on any atom is 0.240 e. The minimum Gasteiger partial charge on any atom is -0.364 e. The molecule has 108 valence electrons. The van der Waals surface area contributed by atoms with Gasteiger partial charge in [0.2, 0.25) is 10.0 Å². The quantitative estimate of drug-likeness (QED) is 0.842. The molecule has 1 unspecified atom stereocenters. The van der Waals surface area contributed by atoms with Gasteiger partial charge in [-0.1, -0.05) is 17.3 Å². The van der Waals surface area contributed by atoms with E-state index >= 15 is 0 Å². The van der Waals surface area contributed by atoms with Crippen molar-refractivity contribution in [1.82, 2.24) is 15.2 Å². The highest BCUT2D eigenvalue weighted by molar-refractivity contribution is 7.89. The van der Waals surface area contributed by atoms with Crippen molar-refractivity contribution in [3.05, 3.63) is 47.9 Å². The van der Waals surface area contributed by atoms with Crippen molar-refractivity contribution in [3.8, 4) is 0 Å². The fourth-order valence-electron chi connectivity index (χ4n) is 1.68. The Morgan fingerprint density at radius 1 is 1.25 bits per heavy atom. The van der Waals surface area contributed by atoms with Crippen molar-refractivity contribution < 1.29 is 12.9 Å². The highest BCUT2D eigenvalue weighted by atomic mass is 32.2. The number of hydrogen-bond donors (Lipinski definition) is 2. The number of aromatic nitrogens is 1. The lowest BCUT2D eigenvalue weighted by molar-refractivity contribution is 0.411. The Morgan fingerprint density at radius 2 is 1.95 bits per heavy atom. The Hall–Kier alpha value is -1.70. The molecule has 2 aromatic rings. The van der Waals surface area contributed by atoms with Crippen molar-refractivity contribution >= 4 is 10.0 Å². The highest BCUT2D eigenvalue weighted by Crippen LogP contribution is 2.16. The SMILES string of the molecule is CNC(C)c1ccc(S(=O)(=O)NCc2ccon2)cc1. The number of rotatable bonds is 6. The maximum atomic E-state index is 12.1. The monoisotopic (exact) mass is 295 g/mol. The lowest BCUT2D eigenvalue weighted by atomic mass is 10.1. The number of sulfonamides is 1. The van der Waals surface area contributed by atoms with Gasteiger partial charge in [-0.15, -0.1) is 0 Å². The average Bonchev–Trinajstić information content (AvgIpc) is 2.98. The third kappa shape index (κ3) is 3.44. The van der Waals surface area contributed by atoms with Gasteiger partial charge in [0.25, 0.3) is 0 Å². The Bertz CT molecular complexity index is 636. The van der Waals surface area contributed by atoms with E-state index in [1.807, 2.05) is 14.0 Å². The second kappa shape index (κ2) is 6.17. The minimum absolute atomic E-state index is 0.105. The number of nitrogens with zero attached hydrogens (tertiary/aromatic N) is 1. The van der Waals surface area contributed by atoms with Crippen LogP contribution in [0.25, 0.3) is 0 Å². The van der Waals surface area contributed by atoms with Crippen LogP contribution in [-0.2, 0) is 16.6 Å². The van der Waals surface area contributed by atoms with Crippen LogP contribution in [0, 0.1) is 0 Å². The van der Waals surface area contributed by atoms with E-state index in [1.165, 1.54) is 6.26 Å². The van der Waals surface area contributed by atoms with Gasteiger partial charge in [0, 0.05) is 12.1 Å². The largest absolute Gasteiger partial charge is 0.364 e. The zero-order chi connectivity index (χ0) is 14.6. The van der Waals surface area contributed by atoms with Crippen molar-refractivity contribution in [1.29, 1.82) is 0 Å². The first kappa shape index (κ1) is 14.7. The molecule has 0 saturated heterocycles. The van der Waals surface area contributed by atoms with Crippen LogP contribution in [0.2, 0.25) is 0 Å². The zero-order valence-electron chi connectivity index (χ0n) is 11.3. The first-order valence-electron chi connectivity index (χ1n) is 6.19. The van der Waals surface area contributed by atoms with E-state index in [0.29, 0.717) is 5.69 Å². The summed E-state index contributed by atoms with van der Waals surface area (Å²) in [5.74, 6) is 0. The number of benzene rings is 1. The molecular weight excluding hydrogens is 278 g/mol. The topological polar surface area (TPSA) is 84.2 Å². The predicted molar refractivity (Wildman–Crippen MR) is 74.4 cm³/mol. The molecule has 6 nitrogen and oxygen atoms in total. The summed E-state index contributed by atoms with van der Waals surface area (Å²) >= 11 is 0.